The Labute approximate surface area is 77.9 Å². The summed E-state index contributed by atoms with van der Waals surface area (Å²) in [5.41, 5.74) is 0. The molecule has 1 unspecified atom stereocenters. The van der Waals surface area contributed by atoms with E-state index in [4.69, 9.17) is 10.00 Å². The third kappa shape index (κ3) is 3.90. The fraction of sp³-hybridized carbons (Fsp3) is 0.778. The topological polar surface area (TPSA) is 62.1 Å². The Morgan fingerprint density at radius 3 is 3.15 bits per heavy atom. The second-order valence-electron chi connectivity index (χ2n) is 3.11. The van der Waals surface area contributed by atoms with E-state index >= 15 is 0 Å². The molecule has 1 saturated heterocycles. The number of nitrogens with zero attached hydrogens (tertiary/aromatic N) is 1. The van der Waals surface area contributed by atoms with Gasteiger partial charge in [0.1, 0.15) is 6.54 Å². The van der Waals surface area contributed by atoms with E-state index in [0.717, 1.165) is 25.9 Å². The lowest BCUT2D eigenvalue weighted by Gasteiger charge is -2.07. The van der Waals surface area contributed by atoms with Crippen LogP contribution in [0.25, 0.3) is 0 Å². The summed E-state index contributed by atoms with van der Waals surface area (Å²) < 4.78 is 5.36. The molecule has 1 N–H and O–H groups in total. The van der Waals surface area contributed by atoms with Crippen molar-refractivity contribution in [3.63, 3.8) is 0 Å². The molecule has 0 aromatic rings. The molecule has 1 heterocycles. The summed E-state index contributed by atoms with van der Waals surface area (Å²) in [5.74, 6) is -0.0583. The first-order valence-electron chi connectivity index (χ1n) is 4.58. The molecule has 0 saturated carbocycles. The highest BCUT2D eigenvalue weighted by Gasteiger charge is 2.16. The van der Waals surface area contributed by atoms with Gasteiger partial charge in [0.15, 0.2) is 0 Å². The van der Waals surface area contributed by atoms with E-state index in [1.54, 1.807) is 0 Å². The van der Waals surface area contributed by atoms with Gasteiger partial charge in [-0.25, -0.2) is 0 Å². The van der Waals surface area contributed by atoms with Gasteiger partial charge in [-0.2, -0.15) is 5.26 Å². The molecule has 1 atom stereocenters. The summed E-state index contributed by atoms with van der Waals surface area (Å²) in [5, 5.41) is 10.7. The van der Waals surface area contributed by atoms with Crippen LogP contribution < -0.4 is 5.32 Å². The zero-order valence-electron chi connectivity index (χ0n) is 7.58. The van der Waals surface area contributed by atoms with Crippen molar-refractivity contribution in [2.75, 3.05) is 13.2 Å². The smallest absolute Gasteiger partial charge is 0.220 e. The highest BCUT2D eigenvalue weighted by atomic mass is 16.5. The average molecular weight is 182 g/mol. The van der Waals surface area contributed by atoms with Gasteiger partial charge in [0.05, 0.1) is 12.2 Å². The zero-order valence-corrected chi connectivity index (χ0v) is 7.58. The number of nitrogens with one attached hydrogen (secondary N) is 1. The molecule has 0 bridgehead atoms. The number of amides is 1. The summed E-state index contributed by atoms with van der Waals surface area (Å²) in [6, 6.07) is 1.86. The Bertz CT molecular complexity index is 204. The van der Waals surface area contributed by atoms with Gasteiger partial charge in [-0.3, -0.25) is 4.79 Å². The Balaban J connectivity index is 2.04. The highest BCUT2D eigenvalue weighted by molar-refractivity contribution is 5.76. The second kappa shape index (κ2) is 5.55. The number of carbonyl (C=O) groups excluding carboxylic acids is 1. The maximum Gasteiger partial charge on any atom is 0.220 e. The van der Waals surface area contributed by atoms with Gasteiger partial charge in [-0.1, -0.05) is 0 Å². The van der Waals surface area contributed by atoms with Gasteiger partial charge >= 0.3 is 0 Å². The van der Waals surface area contributed by atoms with Crippen LogP contribution in [0.4, 0.5) is 0 Å². The summed E-state index contributed by atoms with van der Waals surface area (Å²) >= 11 is 0. The van der Waals surface area contributed by atoms with E-state index < -0.39 is 0 Å². The molecule has 1 aliphatic heterocycles. The molecular formula is C9H14N2O2. The molecule has 0 spiro atoms. The molecule has 4 nitrogen and oxygen atoms in total. The van der Waals surface area contributed by atoms with Gasteiger partial charge < -0.3 is 10.1 Å². The van der Waals surface area contributed by atoms with Crippen molar-refractivity contribution in [1.82, 2.24) is 5.32 Å². The fourth-order valence-corrected chi connectivity index (χ4v) is 1.39. The molecule has 0 radical (unpaired) electrons. The summed E-state index contributed by atoms with van der Waals surface area (Å²) in [6.45, 7) is 0.925. The van der Waals surface area contributed by atoms with E-state index in [0.29, 0.717) is 6.42 Å². The van der Waals surface area contributed by atoms with Crippen molar-refractivity contribution in [2.24, 2.45) is 0 Å². The molecule has 1 amide bonds. The van der Waals surface area contributed by atoms with Crippen LogP contribution in [0.2, 0.25) is 0 Å². The predicted octanol–water partition coefficient (Wildman–Crippen LogP) is 0.585. The Morgan fingerprint density at radius 2 is 2.54 bits per heavy atom. The highest BCUT2D eigenvalue weighted by Crippen LogP contribution is 2.16. The molecule has 13 heavy (non-hydrogen) atoms. The lowest BCUT2D eigenvalue weighted by molar-refractivity contribution is -0.121. The summed E-state index contributed by atoms with van der Waals surface area (Å²) in [6.07, 6.45) is 3.66. The number of ether oxygens (including phenoxy) is 1. The fourth-order valence-electron chi connectivity index (χ4n) is 1.39. The number of hydrogen-bond donors (Lipinski definition) is 1. The minimum atomic E-state index is -0.0583. The van der Waals surface area contributed by atoms with E-state index in [-0.39, 0.29) is 18.6 Å². The molecule has 72 valence electrons. The van der Waals surface area contributed by atoms with Crippen LogP contribution >= 0.6 is 0 Å². The molecule has 1 fully saturated rings. The first-order valence-corrected chi connectivity index (χ1v) is 4.58. The molecule has 4 heteroatoms. The van der Waals surface area contributed by atoms with Crippen molar-refractivity contribution in [3.05, 3.63) is 0 Å². The number of nitriles is 1. The van der Waals surface area contributed by atoms with Crippen LogP contribution in [0.1, 0.15) is 25.7 Å². The van der Waals surface area contributed by atoms with Crippen molar-refractivity contribution in [2.45, 2.75) is 31.8 Å². The monoisotopic (exact) mass is 182 g/mol. The van der Waals surface area contributed by atoms with Gasteiger partial charge in [0.25, 0.3) is 0 Å². The van der Waals surface area contributed by atoms with Crippen LogP contribution in [0.5, 0.6) is 0 Å². The van der Waals surface area contributed by atoms with Gasteiger partial charge in [0.2, 0.25) is 5.91 Å². The molecule has 0 aromatic heterocycles. The molecular weight excluding hydrogens is 168 g/mol. The van der Waals surface area contributed by atoms with Crippen LogP contribution in [-0.2, 0) is 9.53 Å². The van der Waals surface area contributed by atoms with Gasteiger partial charge in [0, 0.05) is 13.0 Å². The summed E-state index contributed by atoms with van der Waals surface area (Å²) in [7, 11) is 0. The number of rotatable bonds is 4. The Kier molecular flexibility index (Phi) is 4.27. The zero-order chi connectivity index (χ0) is 9.52. The minimum absolute atomic E-state index is 0.0583. The van der Waals surface area contributed by atoms with Crippen molar-refractivity contribution in [3.8, 4) is 6.07 Å². The third-order valence-electron chi connectivity index (χ3n) is 2.08. The number of carbonyl (C=O) groups is 1. The van der Waals surface area contributed by atoms with Crippen molar-refractivity contribution >= 4 is 5.91 Å². The maximum absolute atomic E-state index is 11.0. The van der Waals surface area contributed by atoms with E-state index in [1.807, 2.05) is 6.07 Å². The van der Waals surface area contributed by atoms with Crippen LogP contribution in [0, 0.1) is 11.3 Å². The third-order valence-corrected chi connectivity index (χ3v) is 2.08. The quantitative estimate of drug-likeness (QED) is 0.647. The molecule has 0 aromatic carbocycles. The van der Waals surface area contributed by atoms with Crippen molar-refractivity contribution < 1.29 is 9.53 Å². The van der Waals surface area contributed by atoms with Crippen LogP contribution in [0.3, 0.4) is 0 Å². The van der Waals surface area contributed by atoms with Crippen LogP contribution in [-0.4, -0.2) is 25.2 Å². The Hall–Kier alpha value is -1.08. The lowest BCUT2D eigenvalue weighted by Crippen LogP contribution is -2.24. The molecule has 1 rings (SSSR count). The predicted molar refractivity (Wildman–Crippen MR) is 46.8 cm³/mol. The van der Waals surface area contributed by atoms with Gasteiger partial charge in [-0.15, -0.1) is 0 Å². The first kappa shape index (κ1) is 10.0. The first-order chi connectivity index (χ1) is 6.33. The van der Waals surface area contributed by atoms with E-state index in [1.165, 1.54) is 0 Å². The average Bonchev–Trinajstić information content (AvgIpc) is 2.64. The second-order valence-corrected chi connectivity index (χ2v) is 3.11. The molecule has 0 aliphatic carbocycles. The van der Waals surface area contributed by atoms with E-state index in [9.17, 15) is 4.79 Å². The van der Waals surface area contributed by atoms with Crippen molar-refractivity contribution in [1.29, 1.82) is 5.26 Å². The van der Waals surface area contributed by atoms with Crippen LogP contribution in [0.15, 0.2) is 0 Å². The largest absolute Gasteiger partial charge is 0.378 e. The minimum Gasteiger partial charge on any atom is -0.378 e. The normalized spacial score (nSPS) is 21.0. The Morgan fingerprint density at radius 1 is 1.69 bits per heavy atom. The summed E-state index contributed by atoms with van der Waals surface area (Å²) in [4.78, 5) is 11.0. The number of hydrogen-bond acceptors (Lipinski definition) is 3. The lowest BCUT2D eigenvalue weighted by atomic mass is 10.1. The maximum atomic E-state index is 11.0. The SMILES string of the molecule is N#CCNC(=O)CCC1CCCO1. The van der Waals surface area contributed by atoms with Gasteiger partial charge in [-0.05, 0) is 19.3 Å². The molecule has 1 aliphatic rings. The standard InChI is InChI=1S/C9H14N2O2/c10-5-6-11-9(12)4-3-8-2-1-7-13-8/h8H,1-4,6-7H2,(H,11,12). The van der Waals surface area contributed by atoms with E-state index in [2.05, 4.69) is 5.32 Å².